The first-order valence-corrected chi connectivity index (χ1v) is 27.9. The first-order valence-electron chi connectivity index (χ1n) is 26.4. The maximum absolute atomic E-state index is 12.9. The number of rotatable bonds is 44. The normalized spacial score (nSPS) is 21.8. The summed E-state index contributed by atoms with van der Waals surface area (Å²) >= 11 is 0. The second-order valence-electron chi connectivity index (χ2n) is 18.0. The summed E-state index contributed by atoms with van der Waals surface area (Å²) in [5.41, 5.74) is 0. The van der Waals surface area contributed by atoms with Crippen LogP contribution in [0.3, 0.4) is 0 Å². The second kappa shape index (κ2) is 44.5. The molecule has 0 saturated heterocycles. The van der Waals surface area contributed by atoms with Crippen LogP contribution >= 0.6 is 7.82 Å². The van der Waals surface area contributed by atoms with Gasteiger partial charge in [0.25, 0.3) is 0 Å². The van der Waals surface area contributed by atoms with Gasteiger partial charge in [0.1, 0.15) is 42.7 Å². The lowest BCUT2D eigenvalue weighted by molar-refractivity contribution is -0.220. The highest BCUT2D eigenvalue weighted by atomic mass is 31.2. The molecule has 0 bridgehead atoms. The van der Waals surface area contributed by atoms with Gasteiger partial charge in [-0.05, 0) is 64.2 Å². The fourth-order valence-corrected chi connectivity index (χ4v) is 8.61. The molecular weight excluding hydrogens is 884 g/mol. The average Bonchev–Trinajstić information content (AvgIpc) is 3.32. The number of esters is 1. The molecular formula is C55H95O12P. The van der Waals surface area contributed by atoms with Crippen LogP contribution in [-0.4, -0.2) is 98.9 Å². The van der Waals surface area contributed by atoms with E-state index < -0.39 is 63.1 Å². The maximum Gasteiger partial charge on any atom is 0.472 e. The Balaban J connectivity index is 2.39. The molecule has 0 aromatic heterocycles. The Kier molecular flexibility index (Phi) is 41.5. The zero-order chi connectivity index (χ0) is 49.8. The molecule has 0 aromatic carbocycles. The molecule has 6 atom stereocenters. The fourth-order valence-electron chi connectivity index (χ4n) is 7.64. The number of carbonyl (C=O) groups excluding carboxylic acids is 1. The number of phosphoric ester groups is 1. The van der Waals surface area contributed by atoms with Gasteiger partial charge in [-0.1, -0.05) is 208 Å². The molecule has 0 amide bonds. The van der Waals surface area contributed by atoms with Crippen molar-refractivity contribution in [3.8, 4) is 0 Å². The Morgan fingerprint density at radius 3 is 1.26 bits per heavy atom. The highest BCUT2D eigenvalue weighted by Gasteiger charge is 2.51. The number of hydrogen-bond donors (Lipinski definition) is 6. The molecule has 0 radical (unpaired) electrons. The van der Waals surface area contributed by atoms with Gasteiger partial charge in [-0.2, -0.15) is 0 Å². The molecule has 1 fully saturated rings. The van der Waals surface area contributed by atoms with E-state index in [0.29, 0.717) is 19.4 Å². The summed E-state index contributed by atoms with van der Waals surface area (Å²) in [6, 6.07) is 0. The highest BCUT2D eigenvalue weighted by molar-refractivity contribution is 7.47. The lowest BCUT2D eigenvalue weighted by atomic mass is 9.85. The highest BCUT2D eigenvalue weighted by Crippen LogP contribution is 2.47. The van der Waals surface area contributed by atoms with Gasteiger partial charge in [-0.15, -0.1) is 0 Å². The quantitative estimate of drug-likeness (QED) is 0.0147. The number of aliphatic hydroxyl groups is 5. The van der Waals surface area contributed by atoms with E-state index in [-0.39, 0.29) is 13.0 Å². The minimum Gasteiger partial charge on any atom is -0.457 e. The predicted octanol–water partition coefficient (Wildman–Crippen LogP) is 12.1. The van der Waals surface area contributed by atoms with Crippen molar-refractivity contribution in [2.24, 2.45) is 0 Å². The van der Waals surface area contributed by atoms with E-state index in [9.17, 15) is 39.8 Å². The first-order chi connectivity index (χ1) is 33.0. The zero-order valence-electron chi connectivity index (χ0n) is 42.1. The largest absolute Gasteiger partial charge is 0.472 e. The third-order valence-electron chi connectivity index (χ3n) is 11.8. The molecule has 1 aliphatic rings. The smallest absolute Gasteiger partial charge is 0.457 e. The van der Waals surface area contributed by atoms with Gasteiger partial charge in [0.05, 0.1) is 13.2 Å². The van der Waals surface area contributed by atoms with Crippen LogP contribution in [0.5, 0.6) is 0 Å². The Hall–Kier alpha value is -2.48. The molecule has 6 unspecified atom stereocenters. The van der Waals surface area contributed by atoms with Crippen molar-refractivity contribution in [1.82, 2.24) is 0 Å². The predicted molar refractivity (Wildman–Crippen MR) is 276 cm³/mol. The molecule has 392 valence electrons. The third kappa shape index (κ3) is 35.6. The van der Waals surface area contributed by atoms with Gasteiger partial charge in [0.15, 0.2) is 0 Å². The minimum atomic E-state index is -5.04. The Bertz CT molecular complexity index is 1440. The van der Waals surface area contributed by atoms with E-state index in [4.69, 9.17) is 18.5 Å². The number of aliphatic hydroxyl groups excluding tert-OH is 5. The average molecular weight is 979 g/mol. The summed E-state index contributed by atoms with van der Waals surface area (Å²) in [6.45, 7) is 4.10. The topological polar surface area (TPSA) is 192 Å². The molecule has 12 nitrogen and oxygen atoms in total. The Labute approximate surface area is 412 Å². The van der Waals surface area contributed by atoms with E-state index in [2.05, 4.69) is 86.8 Å². The number of ether oxygens (including phenoxy) is 2. The van der Waals surface area contributed by atoms with Crippen molar-refractivity contribution < 1.29 is 58.3 Å². The van der Waals surface area contributed by atoms with Crippen LogP contribution in [-0.2, 0) is 27.9 Å². The Morgan fingerprint density at radius 2 is 0.853 bits per heavy atom. The van der Waals surface area contributed by atoms with Crippen LogP contribution < -0.4 is 0 Å². The molecule has 1 rings (SSSR count). The molecule has 68 heavy (non-hydrogen) atoms. The van der Waals surface area contributed by atoms with Crippen molar-refractivity contribution in [2.45, 2.75) is 236 Å². The van der Waals surface area contributed by atoms with Crippen LogP contribution in [0.4, 0.5) is 0 Å². The molecule has 0 aromatic rings. The van der Waals surface area contributed by atoms with Gasteiger partial charge in [-0.3, -0.25) is 13.8 Å². The van der Waals surface area contributed by atoms with E-state index >= 15 is 0 Å². The lowest BCUT2D eigenvalue weighted by Crippen LogP contribution is -2.64. The molecule has 0 heterocycles. The number of allylic oxidation sites excluding steroid dienone is 14. The van der Waals surface area contributed by atoms with Crippen LogP contribution in [0.1, 0.15) is 194 Å². The second-order valence-corrected chi connectivity index (χ2v) is 19.4. The van der Waals surface area contributed by atoms with E-state index in [0.717, 1.165) is 64.2 Å². The number of phosphoric acid groups is 1. The maximum atomic E-state index is 12.9. The molecule has 0 spiro atoms. The number of hydrogen-bond acceptors (Lipinski definition) is 11. The van der Waals surface area contributed by atoms with Gasteiger partial charge in [-0.25, -0.2) is 4.57 Å². The van der Waals surface area contributed by atoms with Crippen molar-refractivity contribution in [3.63, 3.8) is 0 Å². The van der Waals surface area contributed by atoms with Crippen molar-refractivity contribution in [1.29, 1.82) is 0 Å². The fraction of sp³-hybridized carbons (Fsp3) is 0.727. The summed E-state index contributed by atoms with van der Waals surface area (Å²) < 4.78 is 34.3. The SMILES string of the molecule is CC/C=C\C/C=C\C/C=C\C/C=C\C/C=C\C/C=C\C/C=C\CCCC(=O)OC(COCCCCCCCCCCCCCCCCCCCC)COP(=O)(O)OC1C(O)C(O)C(O)C(O)C1O. The van der Waals surface area contributed by atoms with E-state index in [1.165, 1.54) is 96.3 Å². The van der Waals surface area contributed by atoms with Crippen molar-refractivity contribution in [2.75, 3.05) is 19.8 Å². The summed E-state index contributed by atoms with van der Waals surface area (Å²) in [6.07, 6.45) is 48.0. The van der Waals surface area contributed by atoms with Crippen LogP contribution in [0.15, 0.2) is 85.1 Å². The minimum absolute atomic E-state index is 0.102. The lowest BCUT2D eigenvalue weighted by Gasteiger charge is -2.41. The molecule has 0 aliphatic heterocycles. The van der Waals surface area contributed by atoms with Crippen LogP contribution in [0, 0.1) is 0 Å². The van der Waals surface area contributed by atoms with Crippen molar-refractivity contribution in [3.05, 3.63) is 85.1 Å². The van der Waals surface area contributed by atoms with E-state index in [1.807, 2.05) is 12.2 Å². The van der Waals surface area contributed by atoms with Gasteiger partial charge in [0.2, 0.25) is 0 Å². The van der Waals surface area contributed by atoms with Crippen LogP contribution in [0.25, 0.3) is 0 Å². The number of carbonyl (C=O) groups is 1. The summed E-state index contributed by atoms with van der Waals surface area (Å²) in [4.78, 5) is 23.2. The summed E-state index contributed by atoms with van der Waals surface area (Å²) in [7, 11) is -5.04. The van der Waals surface area contributed by atoms with Gasteiger partial charge >= 0.3 is 13.8 Å². The molecule has 1 aliphatic carbocycles. The molecule has 1 saturated carbocycles. The summed E-state index contributed by atoms with van der Waals surface area (Å²) in [5.74, 6) is -0.534. The molecule has 6 N–H and O–H groups in total. The molecule has 13 heteroatoms. The van der Waals surface area contributed by atoms with Gasteiger partial charge < -0.3 is 39.9 Å². The Morgan fingerprint density at radius 1 is 0.485 bits per heavy atom. The standard InChI is InChI=1S/C55H95O12P/c1-3-5-7-9-11-13-15-17-19-21-23-24-25-26-27-28-30-32-34-36-38-40-42-44-49(56)66-48(47-65-68(62,63)67-55-53(60)51(58)50(57)52(59)54(55)61)46-64-45-43-41-39-37-35-33-31-29-22-20-18-16-14-12-10-8-6-4-2/h5,7,11,13,17,19,23-24,26-27,30,32,36,38,48,50-55,57-61H,3-4,6,8-10,12,14-16,18,20-22,25,28-29,31,33-35,37,39-47H2,1-2H3,(H,62,63)/b7-5-,13-11-,19-17-,24-23-,27-26-,32-30-,38-36-. The zero-order valence-corrected chi connectivity index (χ0v) is 43.0. The van der Waals surface area contributed by atoms with Crippen LogP contribution in [0.2, 0.25) is 0 Å². The number of unbranched alkanes of at least 4 members (excludes halogenated alkanes) is 18. The monoisotopic (exact) mass is 979 g/mol. The third-order valence-corrected chi connectivity index (χ3v) is 12.8. The van der Waals surface area contributed by atoms with E-state index in [1.54, 1.807) is 0 Å². The van der Waals surface area contributed by atoms with Gasteiger partial charge in [0, 0.05) is 13.0 Å². The summed E-state index contributed by atoms with van der Waals surface area (Å²) in [5, 5.41) is 50.3. The van der Waals surface area contributed by atoms with Crippen molar-refractivity contribution >= 4 is 13.8 Å². The first kappa shape index (κ1) is 63.5.